The van der Waals surface area contributed by atoms with Gasteiger partial charge in [-0.3, -0.25) is 0 Å². The van der Waals surface area contributed by atoms with E-state index in [1.54, 1.807) is 19.1 Å². The Labute approximate surface area is 192 Å². The van der Waals surface area contributed by atoms with E-state index in [-0.39, 0.29) is 31.8 Å². The van der Waals surface area contributed by atoms with Crippen LogP contribution in [-0.2, 0) is 6.18 Å². The summed E-state index contributed by atoms with van der Waals surface area (Å²) in [5.41, 5.74) is 5.78. The number of pyridine rings is 1. The van der Waals surface area contributed by atoms with Crippen molar-refractivity contribution >= 4 is 60.6 Å². The number of alkyl halides is 3. The van der Waals surface area contributed by atoms with Crippen molar-refractivity contribution in [2.75, 3.05) is 11.1 Å². The first-order chi connectivity index (χ1) is 14.6. The number of halogens is 5. The minimum absolute atomic E-state index is 0.0121. The zero-order valence-electron chi connectivity index (χ0n) is 15.8. The van der Waals surface area contributed by atoms with Crippen LogP contribution in [0.3, 0.4) is 0 Å². The standard InChI is InChI=1S/C20H13Br2F3N6/c1-10-13(9-26)19(28-12-5-3-2-4-6-12)29-18(27)16(10)30-31-17-14(20(23,24)25)7-11(21)8-15(17)22/h2-8H,1H3,(H3,27,28,29)/b31-30+. The van der Waals surface area contributed by atoms with Crippen LogP contribution < -0.4 is 11.1 Å². The number of nitrogens with zero attached hydrogens (tertiary/aromatic N) is 4. The SMILES string of the molecule is Cc1c(C#N)c(Nc2ccccc2)nc(N)c1/N=N/c1c(Br)cc(Br)cc1C(F)(F)F. The Balaban J connectivity index is 2.08. The van der Waals surface area contributed by atoms with Gasteiger partial charge in [-0.1, -0.05) is 34.1 Å². The molecule has 0 atom stereocenters. The molecule has 0 radical (unpaired) electrons. The van der Waals surface area contributed by atoms with Gasteiger partial charge in [0.15, 0.2) is 11.6 Å². The van der Waals surface area contributed by atoms with E-state index in [0.29, 0.717) is 11.3 Å². The smallest absolute Gasteiger partial charge is 0.382 e. The highest BCUT2D eigenvalue weighted by molar-refractivity contribution is 9.11. The summed E-state index contributed by atoms with van der Waals surface area (Å²) < 4.78 is 40.6. The lowest BCUT2D eigenvalue weighted by atomic mass is 10.1. The number of aromatic nitrogens is 1. The van der Waals surface area contributed by atoms with E-state index in [1.807, 2.05) is 24.3 Å². The summed E-state index contributed by atoms with van der Waals surface area (Å²) in [5, 5.41) is 20.3. The molecule has 0 saturated heterocycles. The van der Waals surface area contributed by atoms with Crippen molar-refractivity contribution in [2.24, 2.45) is 10.2 Å². The van der Waals surface area contributed by atoms with Crippen molar-refractivity contribution in [1.82, 2.24) is 4.98 Å². The topological polar surface area (TPSA) is 99.5 Å². The van der Waals surface area contributed by atoms with Crippen LogP contribution in [0.1, 0.15) is 16.7 Å². The highest BCUT2D eigenvalue weighted by Crippen LogP contribution is 2.43. The lowest BCUT2D eigenvalue weighted by Gasteiger charge is -2.13. The van der Waals surface area contributed by atoms with Crippen LogP contribution in [0.2, 0.25) is 0 Å². The molecule has 0 aliphatic rings. The molecule has 2 aromatic carbocycles. The highest BCUT2D eigenvalue weighted by atomic mass is 79.9. The number of anilines is 3. The second kappa shape index (κ2) is 9.03. The summed E-state index contributed by atoms with van der Waals surface area (Å²) in [6, 6.07) is 13.4. The van der Waals surface area contributed by atoms with Gasteiger partial charge in [-0.05, 0) is 47.1 Å². The molecule has 0 unspecified atom stereocenters. The normalized spacial score (nSPS) is 11.5. The number of nitrogen functional groups attached to an aromatic ring is 1. The van der Waals surface area contributed by atoms with Crippen molar-refractivity contribution in [3.8, 4) is 6.07 Å². The summed E-state index contributed by atoms with van der Waals surface area (Å²) in [7, 11) is 0. The minimum atomic E-state index is -4.65. The maximum atomic E-state index is 13.4. The van der Waals surface area contributed by atoms with Gasteiger partial charge in [0.05, 0.1) is 11.1 Å². The Kier molecular flexibility index (Phi) is 6.62. The second-order valence-corrected chi connectivity index (χ2v) is 8.05. The lowest BCUT2D eigenvalue weighted by molar-refractivity contribution is -0.137. The van der Waals surface area contributed by atoms with Crippen molar-refractivity contribution in [3.05, 3.63) is 68.1 Å². The molecule has 11 heteroatoms. The number of rotatable bonds is 4. The number of azo groups is 1. The molecule has 3 N–H and O–H groups in total. The number of nitrogens with one attached hydrogen (secondary N) is 1. The van der Waals surface area contributed by atoms with E-state index in [2.05, 4.69) is 52.4 Å². The van der Waals surface area contributed by atoms with Crippen molar-refractivity contribution < 1.29 is 13.2 Å². The Morgan fingerprint density at radius 1 is 1.10 bits per heavy atom. The van der Waals surface area contributed by atoms with Crippen LogP contribution in [0.4, 0.5) is 41.9 Å². The van der Waals surface area contributed by atoms with Gasteiger partial charge >= 0.3 is 6.18 Å². The third-order valence-corrected chi connectivity index (χ3v) is 5.24. The monoisotopic (exact) mass is 552 g/mol. The molecule has 3 rings (SSSR count). The maximum absolute atomic E-state index is 13.4. The third-order valence-electron chi connectivity index (χ3n) is 4.17. The van der Waals surface area contributed by atoms with E-state index in [4.69, 9.17) is 5.73 Å². The van der Waals surface area contributed by atoms with Gasteiger partial charge in [0.2, 0.25) is 0 Å². The number of para-hydroxylation sites is 1. The van der Waals surface area contributed by atoms with Crippen molar-refractivity contribution in [1.29, 1.82) is 5.26 Å². The molecular weight excluding hydrogens is 541 g/mol. The number of nitrogens with two attached hydrogens (primary N) is 1. The van der Waals surface area contributed by atoms with Crippen LogP contribution >= 0.6 is 31.9 Å². The van der Waals surface area contributed by atoms with Crippen molar-refractivity contribution in [3.63, 3.8) is 0 Å². The fraction of sp³-hybridized carbons (Fsp3) is 0.100. The van der Waals surface area contributed by atoms with Gasteiger partial charge in [-0.15, -0.1) is 10.2 Å². The maximum Gasteiger partial charge on any atom is 0.418 e. The quantitative estimate of drug-likeness (QED) is 0.326. The number of hydrogen-bond donors (Lipinski definition) is 2. The molecule has 6 nitrogen and oxygen atoms in total. The fourth-order valence-electron chi connectivity index (χ4n) is 2.71. The molecule has 0 aliphatic heterocycles. The average molecular weight is 554 g/mol. The third kappa shape index (κ3) is 5.03. The molecule has 158 valence electrons. The molecule has 3 aromatic rings. The van der Waals surface area contributed by atoms with Crippen LogP contribution in [-0.4, -0.2) is 4.98 Å². The number of benzene rings is 2. The van der Waals surface area contributed by atoms with Gasteiger partial charge < -0.3 is 11.1 Å². The summed E-state index contributed by atoms with van der Waals surface area (Å²) in [4.78, 5) is 4.17. The molecule has 0 aliphatic carbocycles. The molecule has 0 bridgehead atoms. The fourth-order valence-corrected chi connectivity index (χ4v) is 4.02. The highest BCUT2D eigenvalue weighted by Gasteiger charge is 2.35. The zero-order chi connectivity index (χ0) is 22.8. The van der Waals surface area contributed by atoms with Gasteiger partial charge in [0.1, 0.15) is 17.4 Å². The molecular formula is C20H13Br2F3N6. The predicted octanol–water partition coefficient (Wildman–Crippen LogP) is 7.55. The van der Waals surface area contributed by atoms with Crippen LogP contribution in [0.25, 0.3) is 0 Å². The first-order valence-electron chi connectivity index (χ1n) is 8.62. The summed E-state index contributed by atoms with van der Waals surface area (Å²) in [6.07, 6.45) is -4.65. The largest absolute Gasteiger partial charge is 0.418 e. The van der Waals surface area contributed by atoms with Gasteiger partial charge in [0.25, 0.3) is 0 Å². The minimum Gasteiger partial charge on any atom is -0.382 e. The van der Waals surface area contributed by atoms with E-state index in [1.165, 1.54) is 6.07 Å². The van der Waals surface area contributed by atoms with Crippen molar-refractivity contribution in [2.45, 2.75) is 13.1 Å². The van der Waals surface area contributed by atoms with Gasteiger partial charge in [0, 0.05) is 20.2 Å². The average Bonchev–Trinajstić information content (AvgIpc) is 2.69. The molecule has 0 fully saturated rings. The van der Waals surface area contributed by atoms with E-state index >= 15 is 0 Å². The molecule has 0 amide bonds. The molecule has 0 saturated carbocycles. The molecule has 1 aromatic heterocycles. The molecule has 31 heavy (non-hydrogen) atoms. The number of hydrogen-bond acceptors (Lipinski definition) is 6. The first kappa shape index (κ1) is 22.7. The van der Waals surface area contributed by atoms with Gasteiger partial charge in [-0.25, -0.2) is 4.98 Å². The Morgan fingerprint density at radius 3 is 2.35 bits per heavy atom. The summed E-state index contributed by atoms with van der Waals surface area (Å²) >= 11 is 6.12. The Bertz CT molecular complexity index is 1200. The van der Waals surface area contributed by atoms with Crippen LogP contribution in [0, 0.1) is 18.3 Å². The Morgan fingerprint density at radius 2 is 1.74 bits per heavy atom. The first-order valence-corrected chi connectivity index (χ1v) is 10.2. The predicted molar refractivity (Wildman–Crippen MR) is 119 cm³/mol. The number of nitriles is 1. The second-order valence-electron chi connectivity index (χ2n) is 6.28. The molecule has 1 heterocycles. The van der Waals surface area contributed by atoms with Gasteiger partial charge in [-0.2, -0.15) is 18.4 Å². The summed E-state index contributed by atoms with van der Waals surface area (Å²) in [5.74, 6) is 0.129. The van der Waals surface area contributed by atoms with E-state index in [9.17, 15) is 18.4 Å². The van der Waals surface area contributed by atoms with Crippen LogP contribution in [0.5, 0.6) is 0 Å². The van der Waals surface area contributed by atoms with E-state index in [0.717, 1.165) is 6.07 Å². The van der Waals surface area contributed by atoms with Crippen LogP contribution in [0.15, 0.2) is 61.6 Å². The van der Waals surface area contributed by atoms with E-state index < -0.39 is 17.4 Å². The zero-order valence-corrected chi connectivity index (χ0v) is 19.0. The summed E-state index contributed by atoms with van der Waals surface area (Å²) in [6.45, 7) is 1.57. The lowest BCUT2D eigenvalue weighted by Crippen LogP contribution is -2.05. The Hall–Kier alpha value is -2.97. The molecule has 0 spiro atoms.